The Kier molecular flexibility index (Phi) is 44.1. The third-order valence-corrected chi connectivity index (χ3v) is 12.5. The monoisotopic (exact) mass is 883 g/mol. The number of hydrogen-bond acceptors (Lipinski definition) is 9. The normalized spacial score (nSPS) is 13.7. The van der Waals surface area contributed by atoms with Crippen LogP contribution in [-0.2, 0) is 28.8 Å². The zero-order valence-electron chi connectivity index (χ0n) is 39.4. The predicted octanol–water partition coefficient (Wildman–Crippen LogP) is 9.03. The molecule has 0 rings (SSSR count). The van der Waals surface area contributed by atoms with Gasteiger partial charge in [0.25, 0.3) is 0 Å². The zero-order valence-corrected chi connectivity index (χ0v) is 40.6. The molecule has 0 spiro atoms. The van der Waals surface area contributed by atoms with Gasteiger partial charge in [-0.1, -0.05) is 157 Å². The molecule has 0 fully saturated rings. The van der Waals surface area contributed by atoms with E-state index < -0.39 is 52.1 Å². The van der Waals surface area contributed by atoms with Gasteiger partial charge in [-0.15, -0.1) is 0 Å². The minimum atomic E-state index is -0.986. The second-order valence-electron chi connectivity index (χ2n) is 17.0. The van der Waals surface area contributed by atoms with Crippen molar-refractivity contribution in [1.82, 2.24) is 0 Å². The van der Waals surface area contributed by atoms with Crippen molar-refractivity contribution >= 4 is 53.2 Å². The molecule has 3 unspecified atom stereocenters. The molecule has 0 amide bonds. The first-order valence-electron chi connectivity index (χ1n) is 23.7. The molecule has 13 heteroatoms. The summed E-state index contributed by atoms with van der Waals surface area (Å²) in [7, 11) is 0. The van der Waals surface area contributed by atoms with Crippen molar-refractivity contribution in [2.75, 3.05) is 0 Å². The minimum absolute atomic E-state index is 0. The van der Waals surface area contributed by atoms with Crippen LogP contribution < -0.4 is 15.3 Å². The van der Waals surface area contributed by atoms with Crippen molar-refractivity contribution in [3.05, 3.63) is 0 Å². The van der Waals surface area contributed by atoms with Gasteiger partial charge >= 0.3 is 35.3 Å². The number of carboxylic acids is 6. The predicted molar refractivity (Wildman–Crippen MR) is 237 cm³/mol. The molecule has 0 saturated carbocycles. The maximum atomic E-state index is 11.5. The van der Waals surface area contributed by atoms with Crippen LogP contribution in [0.3, 0.4) is 0 Å². The summed E-state index contributed by atoms with van der Waals surface area (Å²) < 4.78 is 0. The van der Waals surface area contributed by atoms with Crippen molar-refractivity contribution in [2.24, 2.45) is 16.2 Å². The quantitative estimate of drug-likeness (QED) is 0.0388. The summed E-state index contributed by atoms with van der Waals surface area (Å²) in [6.45, 7) is 12.1. The molecule has 0 bridgehead atoms. The van der Waals surface area contributed by atoms with Gasteiger partial charge in [0, 0.05) is 17.9 Å². The number of rotatable bonds is 39. The number of hydrogen-bond donors (Lipinski definition) is 3. The average Bonchev–Trinajstić information content (AvgIpc) is 3.20. The Hall–Kier alpha value is -2.65. The van der Waals surface area contributed by atoms with Gasteiger partial charge < -0.3 is 45.0 Å². The van der Waals surface area contributed by atoms with Crippen LogP contribution in [0, 0.1) is 16.2 Å². The molecule has 3 N–H and O–H groups in total. The Morgan fingerprint density at radius 1 is 0.328 bits per heavy atom. The molecular weight excluding hydrogens is 795 g/mol. The fraction of sp³-hybridized carbons (Fsp3) is 0.875. The topological polar surface area (TPSA) is 232 Å². The molecule has 0 aromatic carbocycles. The molecule has 0 saturated heterocycles. The van der Waals surface area contributed by atoms with Crippen molar-refractivity contribution < 1.29 is 59.4 Å². The zero-order chi connectivity index (χ0) is 46.3. The second kappa shape index (κ2) is 41.4. The molecule has 0 aliphatic rings. The molecule has 0 aromatic heterocycles. The van der Waals surface area contributed by atoms with Gasteiger partial charge in [-0.3, -0.25) is 14.4 Å². The van der Waals surface area contributed by atoms with Crippen LogP contribution in [0.4, 0.5) is 0 Å². The Morgan fingerprint density at radius 2 is 0.508 bits per heavy atom. The van der Waals surface area contributed by atoms with E-state index in [9.17, 15) is 59.4 Å². The van der Waals surface area contributed by atoms with Crippen LogP contribution in [0.25, 0.3) is 0 Å². The van der Waals surface area contributed by atoms with Crippen molar-refractivity contribution in [1.29, 1.82) is 0 Å². The Balaban J connectivity index is -0.000000396. The molecule has 0 radical (unpaired) electrons. The van der Waals surface area contributed by atoms with E-state index in [-0.39, 0.29) is 36.6 Å². The Labute approximate surface area is 381 Å². The average molecular weight is 883 g/mol. The summed E-state index contributed by atoms with van der Waals surface area (Å²) >= 11 is 0. The molecule has 0 aliphatic carbocycles. The molecule has 12 nitrogen and oxygen atoms in total. The molecule has 61 heavy (non-hydrogen) atoms. The van der Waals surface area contributed by atoms with E-state index in [0.717, 1.165) is 154 Å². The Morgan fingerprint density at radius 3 is 0.672 bits per heavy atom. The van der Waals surface area contributed by atoms with E-state index in [1.165, 1.54) is 0 Å². The van der Waals surface area contributed by atoms with Crippen LogP contribution >= 0.6 is 0 Å². The number of aliphatic carboxylic acids is 6. The van der Waals surface area contributed by atoms with E-state index in [4.69, 9.17) is 0 Å². The summed E-state index contributed by atoms with van der Waals surface area (Å²) in [5.41, 5.74) is -1.66. The van der Waals surface area contributed by atoms with E-state index in [0.29, 0.717) is 38.5 Å². The molecular formula is C48H87AlO12. The van der Waals surface area contributed by atoms with Crippen LogP contribution in [0.2, 0.25) is 0 Å². The first-order valence-corrected chi connectivity index (χ1v) is 23.7. The first kappa shape index (κ1) is 65.0. The van der Waals surface area contributed by atoms with Crippen LogP contribution in [-0.4, -0.2) is 68.5 Å². The number of carboxylic acid groups (broad SMARTS) is 6. The minimum Gasteiger partial charge on any atom is -0.550 e. The number of carbonyl (C=O) groups excluding carboxylic acids is 3. The van der Waals surface area contributed by atoms with E-state index in [2.05, 4.69) is 20.8 Å². The first-order chi connectivity index (χ1) is 28.4. The van der Waals surface area contributed by atoms with E-state index >= 15 is 0 Å². The maximum Gasteiger partial charge on any atom is 3.00 e. The summed E-state index contributed by atoms with van der Waals surface area (Å²) in [5.74, 6) is -4.94. The third-order valence-electron chi connectivity index (χ3n) is 12.5. The SMILES string of the molecule is CCCCC(CC)(CCCCCCCC(=O)[O-])C(=O)O.CCCCC(CC)(CCCCCCCC(=O)[O-])C(=O)O.CCCCC(CC)(CCCCCCCC(=O)[O-])C(=O)O.[Al+3]. The van der Waals surface area contributed by atoms with Gasteiger partial charge in [-0.25, -0.2) is 0 Å². The van der Waals surface area contributed by atoms with Gasteiger partial charge in [0.05, 0.1) is 16.2 Å². The fourth-order valence-electron chi connectivity index (χ4n) is 7.87. The van der Waals surface area contributed by atoms with Crippen LogP contribution in [0.5, 0.6) is 0 Å². The van der Waals surface area contributed by atoms with Crippen molar-refractivity contribution in [3.8, 4) is 0 Å². The second-order valence-corrected chi connectivity index (χ2v) is 17.0. The number of unbranched alkanes of at least 4 members (excludes halogenated alkanes) is 15. The summed E-state index contributed by atoms with van der Waals surface area (Å²) in [6, 6.07) is 0. The maximum absolute atomic E-state index is 11.5. The van der Waals surface area contributed by atoms with E-state index in [1.54, 1.807) is 0 Å². The molecule has 0 aliphatic heterocycles. The largest absolute Gasteiger partial charge is 3.00 e. The Bertz CT molecular complexity index is 1010. The van der Waals surface area contributed by atoms with Crippen molar-refractivity contribution in [2.45, 2.75) is 253 Å². The van der Waals surface area contributed by atoms with Crippen LogP contribution in [0.15, 0.2) is 0 Å². The molecule has 354 valence electrons. The standard InChI is InChI=1S/3C16H30O4.Al/c3*1-3-5-12-16(4-2,15(19)20)13-10-8-6-7-9-11-14(17)18;/h3*3-13H2,1-2H3,(H,17,18)(H,19,20);/q;;;+3/p-3. The fourth-order valence-corrected chi connectivity index (χ4v) is 7.87. The summed E-state index contributed by atoms with van der Waals surface area (Å²) in [6.07, 6.45) is 26.2. The molecule has 3 atom stereocenters. The number of carbonyl (C=O) groups is 6. The van der Waals surface area contributed by atoms with Gasteiger partial charge in [0.2, 0.25) is 0 Å². The molecule has 0 aromatic rings. The van der Waals surface area contributed by atoms with Gasteiger partial charge in [0.1, 0.15) is 0 Å². The smallest absolute Gasteiger partial charge is 0.550 e. The van der Waals surface area contributed by atoms with Gasteiger partial charge in [0.15, 0.2) is 0 Å². The van der Waals surface area contributed by atoms with Crippen LogP contribution in [0.1, 0.15) is 253 Å². The van der Waals surface area contributed by atoms with E-state index in [1.807, 2.05) is 20.8 Å². The third kappa shape index (κ3) is 33.6. The molecule has 0 heterocycles. The summed E-state index contributed by atoms with van der Waals surface area (Å²) in [5, 5.41) is 59.2. The van der Waals surface area contributed by atoms with Gasteiger partial charge in [-0.2, -0.15) is 0 Å². The summed E-state index contributed by atoms with van der Waals surface area (Å²) in [4.78, 5) is 65.4. The van der Waals surface area contributed by atoms with Crippen molar-refractivity contribution in [3.63, 3.8) is 0 Å². The van der Waals surface area contributed by atoms with Gasteiger partial charge in [-0.05, 0) is 96.3 Å².